The third-order valence-electron chi connectivity index (χ3n) is 3.96. The maximum absolute atomic E-state index is 5.55. The summed E-state index contributed by atoms with van der Waals surface area (Å²) >= 11 is 0. The van der Waals surface area contributed by atoms with E-state index in [1.165, 1.54) is 51.5 Å². The van der Waals surface area contributed by atoms with E-state index in [0.717, 1.165) is 18.6 Å². The van der Waals surface area contributed by atoms with Crippen LogP contribution in [0, 0.1) is 5.92 Å². The molecule has 2 nitrogen and oxygen atoms in total. The van der Waals surface area contributed by atoms with E-state index in [1.54, 1.807) is 0 Å². The van der Waals surface area contributed by atoms with Crippen molar-refractivity contribution in [2.24, 2.45) is 5.92 Å². The van der Waals surface area contributed by atoms with Gasteiger partial charge in [-0.05, 0) is 38.6 Å². The second kappa shape index (κ2) is 5.86. The van der Waals surface area contributed by atoms with Gasteiger partial charge in [-0.15, -0.1) is 0 Å². The van der Waals surface area contributed by atoms with E-state index in [9.17, 15) is 0 Å². The monoisotopic (exact) mass is 211 g/mol. The van der Waals surface area contributed by atoms with Crippen LogP contribution in [0.15, 0.2) is 0 Å². The minimum absolute atomic E-state index is 0.555. The predicted octanol–water partition coefficient (Wildman–Crippen LogP) is 2.72. The fourth-order valence-corrected chi connectivity index (χ4v) is 2.89. The lowest BCUT2D eigenvalue weighted by Gasteiger charge is -2.35. The molecule has 0 radical (unpaired) electrons. The lowest BCUT2D eigenvalue weighted by molar-refractivity contribution is -0.00993. The van der Waals surface area contributed by atoms with Crippen molar-refractivity contribution >= 4 is 0 Å². The van der Waals surface area contributed by atoms with Gasteiger partial charge in [0.15, 0.2) is 0 Å². The van der Waals surface area contributed by atoms with Crippen molar-refractivity contribution in [2.45, 2.75) is 64.0 Å². The summed E-state index contributed by atoms with van der Waals surface area (Å²) in [7, 11) is 0. The van der Waals surface area contributed by atoms with Crippen LogP contribution < -0.4 is 5.32 Å². The van der Waals surface area contributed by atoms with E-state index >= 15 is 0 Å². The van der Waals surface area contributed by atoms with Crippen LogP contribution >= 0.6 is 0 Å². The zero-order valence-electron chi connectivity index (χ0n) is 10.0. The van der Waals surface area contributed by atoms with Gasteiger partial charge in [0.1, 0.15) is 0 Å². The van der Waals surface area contributed by atoms with Gasteiger partial charge in [-0.3, -0.25) is 0 Å². The smallest absolute Gasteiger partial charge is 0.0604 e. The Balaban J connectivity index is 1.45. The van der Waals surface area contributed by atoms with Crippen LogP contribution in [-0.2, 0) is 4.74 Å². The summed E-state index contributed by atoms with van der Waals surface area (Å²) in [5, 5.41) is 3.65. The van der Waals surface area contributed by atoms with Crippen LogP contribution in [0.3, 0.4) is 0 Å². The van der Waals surface area contributed by atoms with Gasteiger partial charge in [-0.25, -0.2) is 0 Å². The van der Waals surface area contributed by atoms with Crippen LogP contribution in [0.1, 0.15) is 51.9 Å². The molecule has 0 saturated heterocycles. The van der Waals surface area contributed by atoms with Crippen molar-refractivity contribution in [3.8, 4) is 0 Å². The number of hydrogen-bond acceptors (Lipinski definition) is 2. The molecular weight excluding hydrogens is 186 g/mol. The lowest BCUT2D eigenvalue weighted by Crippen LogP contribution is -2.45. The van der Waals surface area contributed by atoms with Crippen molar-refractivity contribution in [3.63, 3.8) is 0 Å². The minimum Gasteiger partial charge on any atom is -0.378 e. The molecule has 0 spiro atoms. The molecule has 0 aromatic rings. The van der Waals surface area contributed by atoms with Crippen LogP contribution in [0.5, 0.6) is 0 Å². The highest BCUT2D eigenvalue weighted by molar-refractivity contribution is 4.86. The van der Waals surface area contributed by atoms with Crippen LogP contribution in [0.2, 0.25) is 0 Å². The minimum atomic E-state index is 0.555. The molecule has 1 N–H and O–H groups in total. The zero-order chi connectivity index (χ0) is 10.5. The van der Waals surface area contributed by atoms with Gasteiger partial charge in [0.2, 0.25) is 0 Å². The van der Waals surface area contributed by atoms with Crippen LogP contribution in [-0.4, -0.2) is 25.3 Å². The first kappa shape index (κ1) is 11.4. The van der Waals surface area contributed by atoms with Gasteiger partial charge in [0.05, 0.1) is 6.10 Å². The second-order valence-corrected chi connectivity index (χ2v) is 5.14. The highest BCUT2D eigenvalue weighted by Gasteiger charge is 2.28. The predicted molar refractivity (Wildman–Crippen MR) is 63.0 cm³/mol. The Morgan fingerprint density at radius 1 is 1.20 bits per heavy atom. The Kier molecular flexibility index (Phi) is 4.45. The maximum atomic E-state index is 5.55. The third-order valence-corrected chi connectivity index (χ3v) is 3.96. The van der Waals surface area contributed by atoms with Crippen molar-refractivity contribution in [1.29, 1.82) is 0 Å². The Morgan fingerprint density at radius 2 is 1.93 bits per heavy atom. The highest BCUT2D eigenvalue weighted by atomic mass is 16.5. The molecule has 15 heavy (non-hydrogen) atoms. The highest BCUT2D eigenvalue weighted by Crippen LogP contribution is 2.28. The lowest BCUT2D eigenvalue weighted by atomic mass is 9.89. The first-order valence-corrected chi connectivity index (χ1v) is 6.73. The molecule has 2 heteroatoms. The molecule has 2 rings (SSSR count). The number of nitrogens with one attached hydrogen (secondary N) is 1. The first-order chi connectivity index (χ1) is 7.38. The molecule has 0 heterocycles. The average Bonchev–Trinajstić information content (AvgIpc) is 2.66. The van der Waals surface area contributed by atoms with E-state index in [1.807, 2.05) is 0 Å². The van der Waals surface area contributed by atoms with Crippen molar-refractivity contribution in [3.05, 3.63) is 0 Å². The Morgan fingerprint density at radius 3 is 2.60 bits per heavy atom. The van der Waals surface area contributed by atoms with E-state index in [0.29, 0.717) is 6.10 Å². The summed E-state index contributed by atoms with van der Waals surface area (Å²) in [6.07, 6.45) is 10.3. The number of rotatable bonds is 6. The molecular formula is C13H25NO. The number of hydrogen-bond donors (Lipinski definition) is 1. The van der Waals surface area contributed by atoms with E-state index in [2.05, 4.69) is 12.2 Å². The Labute approximate surface area is 93.8 Å². The average molecular weight is 211 g/mol. The SMILES string of the molecule is CCOC1CC(NCCC2CCCC2)C1. The fourth-order valence-electron chi connectivity index (χ4n) is 2.89. The molecule has 0 bridgehead atoms. The molecule has 0 amide bonds. The fraction of sp³-hybridized carbons (Fsp3) is 1.00. The molecule has 2 fully saturated rings. The van der Waals surface area contributed by atoms with Crippen molar-refractivity contribution < 1.29 is 4.74 Å². The van der Waals surface area contributed by atoms with Gasteiger partial charge in [0.25, 0.3) is 0 Å². The van der Waals surface area contributed by atoms with E-state index < -0.39 is 0 Å². The standard InChI is InChI=1S/C13H25NO/c1-2-15-13-9-12(10-13)14-8-7-11-5-3-4-6-11/h11-14H,2-10H2,1H3. The zero-order valence-corrected chi connectivity index (χ0v) is 10.0. The third kappa shape index (κ3) is 3.46. The molecule has 2 saturated carbocycles. The molecule has 88 valence electrons. The largest absolute Gasteiger partial charge is 0.378 e. The summed E-state index contributed by atoms with van der Waals surface area (Å²) < 4.78 is 5.55. The summed E-state index contributed by atoms with van der Waals surface area (Å²) in [5.74, 6) is 1.03. The molecule has 0 atom stereocenters. The van der Waals surface area contributed by atoms with E-state index in [-0.39, 0.29) is 0 Å². The topological polar surface area (TPSA) is 21.3 Å². The Hall–Kier alpha value is -0.0800. The van der Waals surface area contributed by atoms with Crippen molar-refractivity contribution in [1.82, 2.24) is 5.32 Å². The summed E-state index contributed by atoms with van der Waals surface area (Å²) in [4.78, 5) is 0. The molecule has 2 aliphatic rings. The Bertz CT molecular complexity index is 171. The molecule has 0 unspecified atom stereocenters. The van der Waals surface area contributed by atoms with Gasteiger partial charge >= 0.3 is 0 Å². The molecule has 0 aromatic heterocycles. The molecule has 0 aliphatic heterocycles. The van der Waals surface area contributed by atoms with E-state index in [4.69, 9.17) is 4.74 Å². The van der Waals surface area contributed by atoms with Gasteiger partial charge in [-0.1, -0.05) is 25.7 Å². The van der Waals surface area contributed by atoms with Crippen molar-refractivity contribution in [2.75, 3.05) is 13.2 Å². The first-order valence-electron chi connectivity index (χ1n) is 6.73. The van der Waals surface area contributed by atoms with Crippen LogP contribution in [0.4, 0.5) is 0 Å². The summed E-state index contributed by atoms with van der Waals surface area (Å²) in [5.41, 5.74) is 0. The second-order valence-electron chi connectivity index (χ2n) is 5.14. The normalized spacial score (nSPS) is 31.8. The quantitative estimate of drug-likeness (QED) is 0.729. The van der Waals surface area contributed by atoms with Gasteiger partial charge in [0, 0.05) is 12.6 Å². The summed E-state index contributed by atoms with van der Waals surface area (Å²) in [6.45, 7) is 4.19. The number of ether oxygens (including phenoxy) is 1. The summed E-state index contributed by atoms with van der Waals surface area (Å²) in [6, 6.07) is 0.753. The molecule has 0 aromatic carbocycles. The maximum Gasteiger partial charge on any atom is 0.0604 e. The van der Waals surface area contributed by atoms with Gasteiger partial charge in [-0.2, -0.15) is 0 Å². The molecule has 2 aliphatic carbocycles. The van der Waals surface area contributed by atoms with Gasteiger partial charge < -0.3 is 10.1 Å². The van der Waals surface area contributed by atoms with Crippen LogP contribution in [0.25, 0.3) is 0 Å².